The van der Waals surface area contributed by atoms with Gasteiger partial charge in [-0.3, -0.25) is 9.59 Å². The fourth-order valence-corrected chi connectivity index (χ4v) is 3.53. The van der Waals surface area contributed by atoms with Crippen LogP contribution < -0.4 is 10.2 Å². The summed E-state index contributed by atoms with van der Waals surface area (Å²) in [5.41, 5.74) is 3.98. The Morgan fingerprint density at radius 1 is 0.867 bits per heavy atom. The molecule has 4 nitrogen and oxygen atoms in total. The van der Waals surface area contributed by atoms with Crippen LogP contribution in [0, 0.1) is 19.7 Å². The third-order valence-electron chi connectivity index (χ3n) is 5.06. The molecule has 0 bridgehead atoms. The van der Waals surface area contributed by atoms with E-state index in [0.717, 1.165) is 16.0 Å². The van der Waals surface area contributed by atoms with Crippen LogP contribution in [-0.4, -0.2) is 11.8 Å². The molecule has 0 saturated carbocycles. The van der Waals surface area contributed by atoms with Gasteiger partial charge in [0, 0.05) is 10.7 Å². The molecule has 4 rings (SSSR count). The summed E-state index contributed by atoms with van der Waals surface area (Å²) in [5, 5.41) is 3.52. The lowest BCUT2D eigenvalue weighted by Gasteiger charge is -2.16. The fourth-order valence-electron chi connectivity index (χ4n) is 3.34. The highest BCUT2D eigenvalue weighted by Gasteiger charge is 2.40. The van der Waals surface area contributed by atoms with E-state index in [9.17, 15) is 14.0 Å². The van der Waals surface area contributed by atoms with Gasteiger partial charge in [-0.15, -0.1) is 0 Å². The molecule has 0 radical (unpaired) electrons. The van der Waals surface area contributed by atoms with Crippen molar-refractivity contribution in [3.8, 4) is 0 Å². The molecule has 150 valence electrons. The van der Waals surface area contributed by atoms with Gasteiger partial charge < -0.3 is 5.32 Å². The maximum Gasteiger partial charge on any atom is 0.282 e. The van der Waals surface area contributed by atoms with Crippen LogP contribution in [0.1, 0.15) is 16.7 Å². The summed E-state index contributed by atoms with van der Waals surface area (Å²) in [7, 11) is 0. The van der Waals surface area contributed by atoms with Crippen molar-refractivity contribution < 1.29 is 14.0 Å². The lowest BCUT2D eigenvalue weighted by molar-refractivity contribution is -0.120. The van der Waals surface area contributed by atoms with Crippen LogP contribution in [0.3, 0.4) is 0 Å². The molecule has 1 heterocycles. The third-order valence-corrected chi connectivity index (χ3v) is 5.29. The molecule has 0 atom stereocenters. The smallest absolute Gasteiger partial charge is 0.282 e. The first-order valence-electron chi connectivity index (χ1n) is 9.34. The number of anilines is 2. The molecule has 0 fully saturated rings. The number of hydrogen-bond donors (Lipinski definition) is 1. The van der Waals surface area contributed by atoms with E-state index in [1.807, 2.05) is 32.0 Å². The molecule has 0 saturated heterocycles. The van der Waals surface area contributed by atoms with Crippen molar-refractivity contribution in [3.63, 3.8) is 0 Å². The van der Waals surface area contributed by atoms with Crippen LogP contribution in [-0.2, 0) is 9.59 Å². The number of carbonyl (C=O) groups excluding carboxylic acids is 2. The van der Waals surface area contributed by atoms with Crippen LogP contribution in [0.2, 0.25) is 5.02 Å². The number of nitrogens with zero attached hydrogens (tertiary/aromatic N) is 1. The molecule has 0 aliphatic carbocycles. The summed E-state index contributed by atoms with van der Waals surface area (Å²) in [5.74, 6) is -1.42. The van der Waals surface area contributed by atoms with Gasteiger partial charge in [-0.05, 0) is 73.0 Å². The molecule has 0 spiro atoms. The minimum absolute atomic E-state index is 0.134. The van der Waals surface area contributed by atoms with Crippen molar-refractivity contribution in [2.45, 2.75) is 13.8 Å². The monoisotopic (exact) mass is 420 g/mol. The molecule has 1 aliphatic heterocycles. The Morgan fingerprint density at radius 3 is 2.27 bits per heavy atom. The van der Waals surface area contributed by atoms with Crippen LogP contribution in [0.4, 0.5) is 15.8 Å². The zero-order valence-corrected chi connectivity index (χ0v) is 17.1. The maximum atomic E-state index is 13.5. The van der Waals surface area contributed by atoms with Gasteiger partial charge in [0.25, 0.3) is 11.8 Å². The van der Waals surface area contributed by atoms with Crippen LogP contribution in [0.25, 0.3) is 5.57 Å². The van der Waals surface area contributed by atoms with Crippen LogP contribution in [0.5, 0.6) is 0 Å². The van der Waals surface area contributed by atoms with E-state index in [2.05, 4.69) is 5.32 Å². The number of amides is 2. The molecular weight excluding hydrogens is 403 g/mol. The molecule has 1 N–H and O–H groups in total. The first-order valence-corrected chi connectivity index (χ1v) is 9.72. The van der Waals surface area contributed by atoms with Crippen molar-refractivity contribution in [3.05, 3.63) is 100.0 Å². The highest BCUT2D eigenvalue weighted by atomic mass is 35.5. The molecule has 6 heteroatoms. The van der Waals surface area contributed by atoms with Crippen molar-refractivity contribution in [2.24, 2.45) is 0 Å². The van der Waals surface area contributed by atoms with E-state index in [0.29, 0.717) is 22.0 Å². The summed E-state index contributed by atoms with van der Waals surface area (Å²) < 4.78 is 13.5. The second-order valence-corrected chi connectivity index (χ2v) is 7.54. The Morgan fingerprint density at radius 2 is 1.60 bits per heavy atom. The van der Waals surface area contributed by atoms with E-state index >= 15 is 0 Å². The van der Waals surface area contributed by atoms with Gasteiger partial charge in [-0.1, -0.05) is 35.9 Å². The minimum Gasteiger partial charge on any atom is -0.350 e. The summed E-state index contributed by atoms with van der Waals surface area (Å²) in [6.45, 7) is 3.96. The Hall–Kier alpha value is -3.44. The Balaban J connectivity index is 1.83. The number of hydrogen-bond acceptors (Lipinski definition) is 3. The lowest BCUT2D eigenvalue weighted by Crippen LogP contribution is -2.32. The zero-order valence-electron chi connectivity index (χ0n) is 16.4. The van der Waals surface area contributed by atoms with Gasteiger partial charge in [0.2, 0.25) is 0 Å². The van der Waals surface area contributed by atoms with Crippen LogP contribution in [0.15, 0.2) is 72.4 Å². The highest BCUT2D eigenvalue weighted by Crippen LogP contribution is 2.34. The summed E-state index contributed by atoms with van der Waals surface area (Å²) >= 11 is 6.07. The predicted octanol–water partition coefficient (Wildman–Crippen LogP) is 5.49. The normalized spacial score (nSPS) is 13.9. The molecule has 30 heavy (non-hydrogen) atoms. The van der Waals surface area contributed by atoms with Crippen molar-refractivity contribution in [1.29, 1.82) is 0 Å². The van der Waals surface area contributed by atoms with E-state index < -0.39 is 17.6 Å². The van der Waals surface area contributed by atoms with E-state index in [1.54, 1.807) is 24.3 Å². The van der Waals surface area contributed by atoms with Crippen molar-refractivity contribution >= 4 is 40.4 Å². The molecule has 3 aromatic rings. The molecule has 0 unspecified atom stereocenters. The van der Waals surface area contributed by atoms with Gasteiger partial charge in [0.15, 0.2) is 0 Å². The fraction of sp³-hybridized carbons (Fsp3) is 0.0833. The number of rotatable bonds is 4. The summed E-state index contributed by atoms with van der Waals surface area (Å²) in [6.07, 6.45) is 0. The third kappa shape index (κ3) is 3.60. The average Bonchev–Trinajstić information content (AvgIpc) is 2.95. The first kappa shape index (κ1) is 19.9. The average molecular weight is 421 g/mol. The molecule has 2 amide bonds. The standard InChI is InChI=1S/C24H18ClFN2O2/c1-14-6-11-19(12-15(14)2)27-22-21(16-7-9-18(26)10-8-16)23(29)28(24(22)30)20-5-3-4-17(25)13-20/h3-13,27H,1-2H3. The number of nitrogens with one attached hydrogen (secondary N) is 1. The van der Waals surface area contributed by atoms with Crippen molar-refractivity contribution in [1.82, 2.24) is 0 Å². The maximum absolute atomic E-state index is 13.5. The van der Waals surface area contributed by atoms with Crippen molar-refractivity contribution in [2.75, 3.05) is 10.2 Å². The highest BCUT2D eigenvalue weighted by molar-refractivity contribution is 6.46. The summed E-state index contributed by atoms with van der Waals surface area (Å²) in [4.78, 5) is 27.7. The second kappa shape index (κ2) is 7.76. The SMILES string of the molecule is Cc1ccc(NC2=C(c3ccc(F)cc3)C(=O)N(c3cccc(Cl)c3)C2=O)cc1C. The summed E-state index contributed by atoms with van der Waals surface area (Å²) in [6, 6.07) is 17.7. The van der Waals surface area contributed by atoms with Gasteiger partial charge in [0.1, 0.15) is 11.5 Å². The lowest BCUT2D eigenvalue weighted by atomic mass is 10.0. The zero-order chi connectivity index (χ0) is 21.4. The second-order valence-electron chi connectivity index (χ2n) is 7.11. The Bertz CT molecular complexity index is 1200. The Kier molecular flexibility index (Phi) is 5.14. The number of imide groups is 1. The van der Waals surface area contributed by atoms with Gasteiger partial charge >= 0.3 is 0 Å². The number of carbonyl (C=O) groups is 2. The van der Waals surface area contributed by atoms with E-state index in [4.69, 9.17) is 11.6 Å². The number of aryl methyl sites for hydroxylation is 2. The van der Waals surface area contributed by atoms with Crippen LogP contribution >= 0.6 is 11.6 Å². The molecular formula is C24H18ClFN2O2. The van der Waals surface area contributed by atoms with Gasteiger partial charge in [-0.2, -0.15) is 0 Å². The molecule has 0 aromatic heterocycles. The molecule has 1 aliphatic rings. The van der Waals surface area contributed by atoms with E-state index in [1.165, 1.54) is 24.3 Å². The topological polar surface area (TPSA) is 49.4 Å². The first-order chi connectivity index (χ1) is 14.3. The van der Waals surface area contributed by atoms with E-state index in [-0.39, 0.29) is 11.3 Å². The predicted molar refractivity (Wildman–Crippen MR) is 117 cm³/mol. The quantitative estimate of drug-likeness (QED) is 0.567. The number of halogens is 2. The van der Waals surface area contributed by atoms with Gasteiger partial charge in [0.05, 0.1) is 11.3 Å². The Labute approximate surface area is 178 Å². The van der Waals surface area contributed by atoms with Gasteiger partial charge in [-0.25, -0.2) is 9.29 Å². The largest absolute Gasteiger partial charge is 0.350 e. The molecule has 3 aromatic carbocycles. The minimum atomic E-state index is -0.500. The number of benzene rings is 3.